The van der Waals surface area contributed by atoms with Crippen LogP contribution in [-0.4, -0.2) is 42.4 Å². The van der Waals surface area contributed by atoms with E-state index >= 15 is 0 Å². The zero-order valence-corrected chi connectivity index (χ0v) is 15.5. The number of halogens is 1. The zero-order chi connectivity index (χ0) is 20.0. The molecule has 9 heteroatoms. The SMILES string of the molecule is O=C(O)C1C2CCC(CC2)C1C=Nc1cnnc(-c2c[nH]c3ncc(F)cc23)n1. The number of aromatic nitrogens is 5. The summed E-state index contributed by atoms with van der Waals surface area (Å²) in [6.07, 6.45) is 10.0. The monoisotopic (exact) mass is 394 g/mol. The van der Waals surface area contributed by atoms with Gasteiger partial charge in [0, 0.05) is 29.3 Å². The minimum Gasteiger partial charge on any atom is -0.481 e. The Morgan fingerprint density at radius 2 is 2.03 bits per heavy atom. The first-order valence-corrected chi connectivity index (χ1v) is 9.70. The molecule has 8 nitrogen and oxygen atoms in total. The molecular weight excluding hydrogens is 375 g/mol. The van der Waals surface area contributed by atoms with Gasteiger partial charge in [0.1, 0.15) is 11.5 Å². The number of hydrogen-bond donors (Lipinski definition) is 2. The highest BCUT2D eigenvalue weighted by Crippen LogP contribution is 2.48. The number of nitrogens with zero attached hydrogens (tertiary/aromatic N) is 5. The summed E-state index contributed by atoms with van der Waals surface area (Å²) in [6.45, 7) is 0. The van der Waals surface area contributed by atoms with E-state index in [-0.39, 0.29) is 17.8 Å². The van der Waals surface area contributed by atoms with E-state index in [1.807, 2.05) is 0 Å². The first kappa shape index (κ1) is 17.8. The molecule has 2 atom stereocenters. The average molecular weight is 394 g/mol. The summed E-state index contributed by atoms with van der Waals surface area (Å²) in [7, 11) is 0. The number of H-pyrrole nitrogens is 1. The molecule has 0 radical (unpaired) electrons. The molecule has 148 valence electrons. The summed E-state index contributed by atoms with van der Waals surface area (Å²) in [5, 5.41) is 18.2. The molecule has 2 N–H and O–H groups in total. The van der Waals surface area contributed by atoms with Crippen molar-refractivity contribution in [3.8, 4) is 11.4 Å². The Kier molecular flexibility index (Phi) is 4.30. The number of carboxylic acids is 1. The van der Waals surface area contributed by atoms with Crippen LogP contribution in [0.2, 0.25) is 0 Å². The second-order valence-electron chi connectivity index (χ2n) is 7.78. The summed E-state index contributed by atoms with van der Waals surface area (Å²) < 4.78 is 13.6. The van der Waals surface area contributed by atoms with Gasteiger partial charge in [0.25, 0.3) is 0 Å². The van der Waals surface area contributed by atoms with Gasteiger partial charge in [-0.1, -0.05) is 0 Å². The summed E-state index contributed by atoms with van der Waals surface area (Å²) in [5.41, 5.74) is 1.11. The van der Waals surface area contributed by atoms with Crippen molar-refractivity contribution in [2.24, 2.45) is 28.7 Å². The molecule has 3 aliphatic rings. The predicted molar refractivity (Wildman–Crippen MR) is 103 cm³/mol. The maximum atomic E-state index is 13.6. The minimum atomic E-state index is -0.745. The minimum absolute atomic E-state index is 0.0928. The highest BCUT2D eigenvalue weighted by molar-refractivity contribution is 5.91. The molecule has 3 saturated carbocycles. The van der Waals surface area contributed by atoms with Crippen LogP contribution in [0.15, 0.2) is 29.6 Å². The summed E-state index contributed by atoms with van der Waals surface area (Å²) in [5.74, 6) is -0.452. The number of fused-ring (bicyclic) bond motifs is 4. The number of carbonyl (C=O) groups is 1. The van der Waals surface area contributed by atoms with Crippen molar-refractivity contribution in [3.63, 3.8) is 0 Å². The van der Waals surface area contributed by atoms with E-state index in [2.05, 4.69) is 30.1 Å². The van der Waals surface area contributed by atoms with E-state index in [0.29, 0.717) is 34.2 Å². The van der Waals surface area contributed by atoms with Crippen molar-refractivity contribution in [3.05, 3.63) is 30.5 Å². The maximum Gasteiger partial charge on any atom is 0.307 e. The van der Waals surface area contributed by atoms with Gasteiger partial charge >= 0.3 is 5.97 Å². The fraction of sp³-hybridized carbons (Fsp3) is 0.400. The van der Waals surface area contributed by atoms with Gasteiger partial charge < -0.3 is 10.1 Å². The van der Waals surface area contributed by atoms with Gasteiger partial charge in [-0.25, -0.2) is 19.4 Å². The molecular formula is C20H19FN6O2. The number of aliphatic carboxylic acids is 1. The summed E-state index contributed by atoms with van der Waals surface area (Å²) >= 11 is 0. The molecule has 2 unspecified atom stereocenters. The van der Waals surface area contributed by atoms with Crippen molar-refractivity contribution in [1.82, 2.24) is 25.1 Å². The zero-order valence-electron chi connectivity index (χ0n) is 15.5. The van der Waals surface area contributed by atoms with Crippen LogP contribution in [0.25, 0.3) is 22.4 Å². The van der Waals surface area contributed by atoms with Gasteiger partial charge in [0.15, 0.2) is 11.6 Å². The molecule has 3 aromatic heterocycles. The first-order valence-electron chi connectivity index (χ1n) is 9.70. The first-order chi connectivity index (χ1) is 14.1. The average Bonchev–Trinajstić information content (AvgIpc) is 3.16. The van der Waals surface area contributed by atoms with Gasteiger partial charge in [0.05, 0.1) is 18.3 Å². The van der Waals surface area contributed by atoms with E-state index < -0.39 is 11.8 Å². The van der Waals surface area contributed by atoms with Crippen LogP contribution < -0.4 is 0 Å². The third-order valence-corrected chi connectivity index (χ3v) is 6.23. The topological polar surface area (TPSA) is 117 Å². The molecule has 3 heterocycles. The molecule has 0 amide bonds. The Labute approximate surface area is 165 Å². The van der Waals surface area contributed by atoms with E-state index in [1.165, 1.54) is 12.3 Å². The van der Waals surface area contributed by atoms with Gasteiger partial charge in [-0.2, -0.15) is 5.10 Å². The van der Waals surface area contributed by atoms with Crippen LogP contribution in [0, 0.1) is 29.5 Å². The van der Waals surface area contributed by atoms with Gasteiger partial charge in [-0.15, -0.1) is 5.10 Å². The third-order valence-electron chi connectivity index (χ3n) is 6.23. The number of aliphatic imine (C=N–C) groups is 1. The highest BCUT2D eigenvalue weighted by Gasteiger charge is 2.46. The molecule has 0 spiro atoms. The van der Waals surface area contributed by atoms with Crippen molar-refractivity contribution >= 4 is 29.0 Å². The van der Waals surface area contributed by atoms with Gasteiger partial charge in [-0.05, 0) is 43.6 Å². The summed E-state index contributed by atoms with van der Waals surface area (Å²) in [4.78, 5) is 27.6. The Hall–Kier alpha value is -3.23. The van der Waals surface area contributed by atoms with Crippen LogP contribution >= 0.6 is 0 Å². The molecule has 6 rings (SSSR count). The fourth-order valence-electron chi connectivity index (χ4n) is 4.87. The number of hydrogen-bond acceptors (Lipinski definition) is 6. The maximum absolute atomic E-state index is 13.6. The third kappa shape index (κ3) is 3.16. The van der Waals surface area contributed by atoms with Crippen molar-refractivity contribution in [2.75, 3.05) is 0 Å². The lowest BCUT2D eigenvalue weighted by molar-refractivity contribution is -0.149. The lowest BCUT2D eigenvalue weighted by Gasteiger charge is -2.45. The number of aromatic amines is 1. The lowest BCUT2D eigenvalue weighted by Crippen LogP contribution is -2.44. The molecule has 0 aliphatic heterocycles. The molecule has 3 aromatic rings. The molecule has 0 saturated heterocycles. The van der Waals surface area contributed by atoms with E-state index in [1.54, 1.807) is 12.4 Å². The van der Waals surface area contributed by atoms with E-state index in [4.69, 9.17) is 0 Å². The smallest absolute Gasteiger partial charge is 0.307 e. The predicted octanol–water partition coefficient (Wildman–Crippen LogP) is 3.39. The van der Waals surface area contributed by atoms with Gasteiger partial charge in [-0.3, -0.25) is 4.79 Å². The molecule has 3 fully saturated rings. The Morgan fingerprint density at radius 1 is 1.24 bits per heavy atom. The van der Waals surface area contributed by atoms with Crippen LogP contribution in [0.1, 0.15) is 25.7 Å². The van der Waals surface area contributed by atoms with Crippen LogP contribution in [0.4, 0.5) is 10.2 Å². The number of rotatable bonds is 4. The van der Waals surface area contributed by atoms with Crippen molar-refractivity contribution in [1.29, 1.82) is 0 Å². The van der Waals surface area contributed by atoms with Gasteiger partial charge in [0.2, 0.25) is 0 Å². The second-order valence-corrected chi connectivity index (χ2v) is 7.78. The van der Waals surface area contributed by atoms with Crippen molar-refractivity contribution in [2.45, 2.75) is 25.7 Å². The molecule has 2 bridgehead atoms. The molecule has 3 aliphatic carbocycles. The largest absolute Gasteiger partial charge is 0.481 e. The van der Waals surface area contributed by atoms with E-state index in [0.717, 1.165) is 31.9 Å². The van der Waals surface area contributed by atoms with Crippen LogP contribution in [-0.2, 0) is 4.79 Å². The van der Waals surface area contributed by atoms with Crippen LogP contribution in [0.3, 0.4) is 0 Å². The lowest BCUT2D eigenvalue weighted by atomic mass is 9.59. The summed E-state index contributed by atoms with van der Waals surface area (Å²) in [6, 6.07) is 1.36. The quantitative estimate of drug-likeness (QED) is 0.655. The Bertz CT molecular complexity index is 1110. The number of carboxylic acid groups (broad SMARTS) is 1. The van der Waals surface area contributed by atoms with Crippen molar-refractivity contribution < 1.29 is 14.3 Å². The highest BCUT2D eigenvalue weighted by atomic mass is 19.1. The van der Waals surface area contributed by atoms with E-state index in [9.17, 15) is 14.3 Å². The van der Waals surface area contributed by atoms with Crippen LogP contribution in [0.5, 0.6) is 0 Å². The number of pyridine rings is 1. The standard InChI is InChI=1S/C20H19FN6O2/c21-12-5-13-15(8-24-18(13)23-6-12)19-26-16(9-25-27-19)22-7-14-10-1-3-11(4-2-10)17(14)20(28)29/h5-11,14,17H,1-4H2,(H,23,24)(H,28,29). The molecule has 29 heavy (non-hydrogen) atoms. The normalized spacial score (nSPS) is 26.4. The number of nitrogens with one attached hydrogen (secondary N) is 1. The fourth-order valence-corrected chi connectivity index (χ4v) is 4.87. The Balaban J connectivity index is 1.45. The Morgan fingerprint density at radius 3 is 2.83 bits per heavy atom. The second kappa shape index (κ2) is 6.98. The molecule has 0 aromatic carbocycles.